The van der Waals surface area contributed by atoms with Gasteiger partial charge in [-0.1, -0.05) is 0 Å². The molecule has 0 saturated carbocycles. The number of fused-ring (bicyclic) bond motifs is 1. The van der Waals surface area contributed by atoms with Gasteiger partial charge in [-0.05, 0) is 19.1 Å². The van der Waals surface area contributed by atoms with Gasteiger partial charge in [0.1, 0.15) is 17.3 Å². The first kappa shape index (κ1) is 13.6. The standard InChI is InChI=1S/C15H17N5O/c1-10-9-17-5-6-20(10)13-7-14(21)19(2)12-4-3-11(8-16)18-15(12)13/h3-4,7,10,17H,5-6,9H2,1-2H3/t10-/m1/s1. The maximum atomic E-state index is 12.2. The second-order valence-corrected chi connectivity index (χ2v) is 5.35. The maximum Gasteiger partial charge on any atom is 0.252 e. The number of piperazine rings is 1. The van der Waals surface area contributed by atoms with E-state index in [0.717, 1.165) is 30.8 Å². The van der Waals surface area contributed by atoms with Crippen LogP contribution in [-0.2, 0) is 7.05 Å². The summed E-state index contributed by atoms with van der Waals surface area (Å²) in [5, 5.41) is 12.4. The smallest absolute Gasteiger partial charge is 0.252 e. The van der Waals surface area contributed by atoms with Crippen molar-refractivity contribution in [1.29, 1.82) is 5.26 Å². The van der Waals surface area contributed by atoms with E-state index < -0.39 is 0 Å². The van der Waals surface area contributed by atoms with Crippen LogP contribution in [0.2, 0.25) is 0 Å². The highest BCUT2D eigenvalue weighted by atomic mass is 16.1. The molecule has 1 aliphatic rings. The quantitative estimate of drug-likeness (QED) is 0.830. The van der Waals surface area contributed by atoms with Gasteiger partial charge in [0, 0.05) is 38.8 Å². The molecule has 2 aromatic rings. The van der Waals surface area contributed by atoms with Gasteiger partial charge in [-0.3, -0.25) is 4.79 Å². The van der Waals surface area contributed by atoms with Gasteiger partial charge in [0.05, 0.1) is 11.2 Å². The first-order valence-corrected chi connectivity index (χ1v) is 7.00. The zero-order chi connectivity index (χ0) is 15.0. The summed E-state index contributed by atoms with van der Waals surface area (Å²) in [6.07, 6.45) is 0. The summed E-state index contributed by atoms with van der Waals surface area (Å²) in [6.45, 7) is 4.68. The van der Waals surface area contributed by atoms with E-state index in [4.69, 9.17) is 5.26 Å². The van der Waals surface area contributed by atoms with Crippen molar-refractivity contribution < 1.29 is 0 Å². The largest absolute Gasteiger partial charge is 0.364 e. The summed E-state index contributed by atoms with van der Waals surface area (Å²) >= 11 is 0. The molecule has 6 nitrogen and oxygen atoms in total. The van der Waals surface area contributed by atoms with Gasteiger partial charge in [-0.2, -0.15) is 5.26 Å². The number of nitrogens with zero attached hydrogens (tertiary/aromatic N) is 4. The van der Waals surface area contributed by atoms with Gasteiger partial charge in [-0.25, -0.2) is 4.98 Å². The Labute approximate surface area is 122 Å². The van der Waals surface area contributed by atoms with Crippen molar-refractivity contribution in [2.45, 2.75) is 13.0 Å². The SMILES string of the molecule is C[C@@H]1CNCCN1c1cc(=O)n(C)c2ccc(C#N)nc12. The molecule has 108 valence electrons. The topological polar surface area (TPSA) is 74.0 Å². The van der Waals surface area contributed by atoms with Gasteiger partial charge in [0.25, 0.3) is 5.56 Å². The number of hydrogen-bond donors (Lipinski definition) is 1. The summed E-state index contributed by atoms with van der Waals surface area (Å²) in [4.78, 5) is 18.8. The van der Waals surface area contributed by atoms with Crippen LogP contribution in [0.15, 0.2) is 23.0 Å². The summed E-state index contributed by atoms with van der Waals surface area (Å²) in [5.41, 5.74) is 2.59. The highest BCUT2D eigenvalue weighted by molar-refractivity contribution is 5.88. The first-order chi connectivity index (χ1) is 10.1. The van der Waals surface area contributed by atoms with E-state index in [-0.39, 0.29) is 11.6 Å². The molecule has 0 spiro atoms. The molecule has 1 saturated heterocycles. The molecule has 1 fully saturated rings. The lowest BCUT2D eigenvalue weighted by Crippen LogP contribution is -2.50. The van der Waals surface area contributed by atoms with Gasteiger partial charge in [0.2, 0.25) is 0 Å². The van der Waals surface area contributed by atoms with E-state index in [1.807, 2.05) is 0 Å². The van der Waals surface area contributed by atoms with Gasteiger partial charge in [0.15, 0.2) is 0 Å². The van der Waals surface area contributed by atoms with Crippen LogP contribution in [0.4, 0.5) is 5.69 Å². The molecule has 0 unspecified atom stereocenters. The zero-order valence-corrected chi connectivity index (χ0v) is 12.1. The Morgan fingerprint density at radius 3 is 3.00 bits per heavy atom. The van der Waals surface area contributed by atoms with E-state index in [0.29, 0.717) is 11.2 Å². The summed E-state index contributed by atoms with van der Waals surface area (Å²) < 4.78 is 1.57. The van der Waals surface area contributed by atoms with Gasteiger partial charge < -0.3 is 14.8 Å². The molecule has 3 rings (SSSR count). The molecule has 3 heterocycles. The molecule has 0 amide bonds. The van der Waals surface area contributed by atoms with Crippen LogP contribution in [0.1, 0.15) is 12.6 Å². The average molecular weight is 283 g/mol. The number of pyridine rings is 2. The zero-order valence-electron chi connectivity index (χ0n) is 12.1. The Morgan fingerprint density at radius 1 is 1.48 bits per heavy atom. The fourth-order valence-corrected chi connectivity index (χ4v) is 2.79. The van der Waals surface area contributed by atoms with Crippen molar-refractivity contribution in [2.75, 3.05) is 24.5 Å². The Balaban J connectivity index is 2.28. The lowest BCUT2D eigenvalue weighted by atomic mass is 10.1. The Morgan fingerprint density at radius 2 is 2.29 bits per heavy atom. The molecule has 1 aliphatic heterocycles. The van der Waals surface area contributed by atoms with Crippen molar-refractivity contribution >= 4 is 16.7 Å². The summed E-state index contributed by atoms with van der Waals surface area (Å²) in [5.74, 6) is 0. The minimum Gasteiger partial charge on any atom is -0.364 e. The van der Waals surface area contributed by atoms with E-state index >= 15 is 0 Å². The molecule has 21 heavy (non-hydrogen) atoms. The number of aromatic nitrogens is 2. The molecule has 0 aliphatic carbocycles. The van der Waals surface area contributed by atoms with E-state index in [1.165, 1.54) is 0 Å². The van der Waals surface area contributed by atoms with Gasteiger partial charge in [-0.15, -0.1) is 0 Å². The van der Waals surface area contributed by atoms with Crippen LogP contribution in [-0.4, -0.2) is 35.2 Å². The minimum absolute atomic E-state index is 0.0604. The predicted molar refractivity (Wildman–Crippen MR) is 81.4 cm³/mol. The molecule has 2 aromatic heterocycles. The summed E-state index contributed by atoms with van der Waals surface area (Å²) in [6, 6.07) is 7.40. The monoisotopic (exact) mass is 283 g/mol. The number of rotatable bonds is 1. The lowest BCUT2D eigenvalue weighted by molar-refractivity contribution is 0.501. The second kappa shape index (κ2) is 5.19. The Kier molecular flexibility index (Phi) is 3.35. The molecule has 1 N–H and O–H groups in total. The van der Waals surface area contributed by atoms with Crippen LogP contribution < -0.4 is 15.8 Å². The maximum absolute atomic E-state index is 12.2. The van der Waals surface area contributed by atoms with E-state index in [1.54, 1.807) is 29.8 Å². The van der Waals surface area contributed by atoms with Crippen molar-refractivity contribution in [2.24, 2.45) is 7.05 Å². The normalized spacial score (nSPS) is 18.7. The lowest BCUT2D eigenvalue weighted by Gasteiger charge is -2.36. The molecule has 6 heteroatoms. The Bertz CT molecular complexity index is 789. The molecular weight excluding hydrogens is 266 g/mol. The molecule has 1 atom stereocenters. The molecule has 0 radical (unpaired) electrons. The second-order valence-electron chi connectivity index (χ2n) is 5.35. The van der Waals surface area contributed by atoms with Crippen LogP contribution in [0.25, 0.3) is 11.0 Å². The summed E-state index contributed by atoms with van der Waals surface area (Å²) in [7, 11) is 1.73. The number of nitrogens with one attached hydrogen (secondary N) is 1. The molecule has 0 bridgehead atoms. The van der Waals surface area contributed by atoms with E-state index in [2.05, 4.69) is 28.2 Å². The van der Waals surface area contributed by atoms with Crippen molar-refractivity contribution in [1.82, 2.24) is 14.9 Å². The Hall–Kier alpha value is -2.39. The van der Waals surface area contributed by atoms with Crippen molar-refractivity contribution in [3.63, 3.8) is 0 Å². The number of aryl methyl sites for hydroxylation is 1. The third kappa shape index (κ3) is 2.26. The van der Waals surface area contributed by atoms with Crippen LogP contribution >= 0.6 is 0 Å². The average Bonchev–Trinajstić information content (AvgIpc) is 2.51. The fraction of sp³-hybridized carbons (Fsp3) is 0.400. The van der Waals surface area contributed by atoms with Crippen molar-refractivity contribution in [3.05, 3.63) is 34.2 Å². The minimum atomic E-state index is -0.0604. The first-order valence-electron chi connectivity index (χ1n) is 7.00. The number of anilines is 1. The third-order valence-electron chi connectivity index (χ3n) is 3.99. The van der Waals surface area contributed by atoms with Crippen molar-refractivity contribution in [3.8, 4) is 6.07 Å². The van der Waals surface area contributed by atoms with Gasteiger partial charge >= 0.3 is 0 Å². The highest BCUT2D eigenvalue weighted by Crippen LogP contribution is 2.25. The number of nitriles is 1. The van der Waals surface area contributed by atoms with E-state index in [9.17, 15) is 4.79 Å². The van der Waals surface area contributed by atoms with Crippen LogP contribution in [0, 0.1) is 11.3 Å². The predicted octanol–water partition coefficient (Wildman–Crippen LogP) is 0.603. The molecular formula is C15H17N5O. The highest BCUT2D eigenvalue weighted by Gasteiger charge is 2.22. The third-order valence-corrected chi connectivity index (χ3v) is 3.99. The fourth-order valence-electron chi connectivity index (χ4n) is 2.79. The van der Waals surface area contributed by atoms with Crippen LogP contribution in [0.3, 0.4) is 0 Å². The number of hydrogen-bond acceptors (Lipinski definition) is 5. The van der Waals surface area contributed by atoms with Crippen LogP contribution in [0.5, 0.6) is 0 Å². The molecule has 0 aromatic carbocycles.